The fourth-order valence-electron chi connectivity index (χ4n) is 0.949. The summed E-state index contributed by atoms with van der Waals surface area (Å²) in [7, 11) is 0. The van der Waals surface area contributed by atoms with E-state index in [2.05, 4.69) is 9.97 Å². The van der Waals surface area contributed by atoms with Crippen LogP contribution in [-0.2, 0) is 0 Å². The fourth-order valence-corrected chi connectivity index (χ4v) is 1.72. The first kappa shape index (κ1) is 12.9. The third-order valence-corrected chi connectivity index (χ3v) is 2.81. The Bertz CT molecular complexity index is 386. The van der Waals surface area contributed by atoms with Gasteiger partial charge in [-0.25, -0.2) is 14.8 Å². The molecule has 0 saturated carbocycles. The van der Waals surface area contributed by atoms with Crippen molar-refractivity contribution >= 4 is 17.7 Å². The average Bonchev–Trinajstić information content (AvgIpc) is 2.25. The summed E-state index contributed by atoms with van der Waals surface area (Å²) in [5, 5.41) is 26.9. The molecule has 1 unspecified atom stereocenters. The average molecular weight is 244 g/mol. The van der Waals surface area contributed by atoms with Gasteiger partial charge in [0.1, 0.15) is 0 Å². The molecule has 1 rings (SSSR count). The van der Waals surface area contributed by atoms with Gasteiger partial charge in [-0.3, -0.25) is 0 Å². The highest BCUT2D eigenvalue weighted by Crippen LogP contribution is 2.15. The smallest absolute Gasteiger partial charge is 0.339 e. The number of carbonyl (C=O) groups is 1. The van der Waals surface area contributed by atoms with Crippen molar-refractivity contribution in [1.82, 2.24) is 9.97 Å². The zero-order valence-corrected chi connectivity index (χ0v) is 9.44. The summed E-state index contributed by atoms with van der Waals surface area (Å²) >= 11 is 1.16. The van der Waals surface area contributed by atoms with Gasteiger partial charge in [0, 0.05) is 11.9 Å². The molecule has 1 aromatic rings. The molecular weight excluding hydrogens is 232 g/mol. The molecule has 0 radical (unpaired) electrons. The van der Waals surface area contributed by atoms with Crippen molar-refractivity contribution in [2.45, 2.75) is 18.2 Å². The number of carboxylic acids is 1. The lowest BCUT2D eigenvalue weighted by molar-refractivity contribution is 0.0694. The van der Waals surface area contributed by atoms with E-state index >= 15 is 0 Å². The number of aromatic carboxylic acids is 1. The lowest BCUT2D eigenvalue weighted by Crippen LogP contribution is -2.15. The summed E-state index contributed by atoms with van der Waals surface area (Å²) in [5.74, 6) is -0.799. The van der Waals surface area contributed by atoms with E-state index in [0.29, 0.717) is 10.9 Å². The molecule has 0 aliphatic carbocycles. The van der Waals surface area contributed by atoms with Crippen molar-refractivity contribution in [3.8, 4) is 0 Å². The van der Waals surface area contributed by atoms with Crippen molar-refractivity contribution in [3.63, 3.8) is 0 Å². The summed E-state index contributed by atoms with van der Waals surface area (Å²) < 4.78 is 0. The second-order valence-corrected chi connectivity index (χ2v) is 4.09. The van der Waals surface area contributed by atoms with E-state index in [9.17, 15) is 4.79 Å². The molecule has 88 valence electrons. The number of hydrogen-bond acceptors (Lipinski definition) is 6. The molecule has 0 spiro atoms. The van der Waals surface area contributed by atoms with Crippen LogP contribution < -0.4 is 0 Å². The number of aryl methyl sites for hydroxylation is 1. The summed E-state index contributed by atoms with van der Waals surface area (Å²) in [5.41, 5.74) is 0.440. The van der Waals surface area contributed by atoms with Gasteiger partial charge in [0.15, 0.2) is 5.16 Å². The third kappa shape index (κ3) is 3.44. The van der Waals surface area contributed by atoms with Gasteiger partial charge in [-0.1, -0.05) is 11.8 Å². The quantitative estimate of drug-likeness (QED) is 0.492. The van der Waals surface area contributed by atoms with Gasteiger partial charge in [0.05, 0.1) is 24.0 Å². The van der Waals surface area contributed by atoms with Crippen LogP contribution in [0.3, 0.4) is 0 Å². The first-order valence-corrected chi connectivity index (χ1v) is 5.51. The maximum Gasteiger partial charge on any atom is 0.339 e. The van der Waals surface area contributed by atoms with Crippen molar-refractivity contribution in [2.75, 3.05) is 12.4 Å². The SMILES string of the molecule is Cc1nc(SCC(O)CO)ncc1C(=O)O. The Balaban J connectivity index is 2.70. The molecule has 1 aromatic heterocycles. The van der Waals surface area contributed by atoms with Gasteiger partial charge >= 0.3 is 5.97 Å². The molecule has 0 amide bonds. The van der Waals surface area contributed by atoms with Gasteiger partial charge in [-0.05, 0) is 6.92 Å². The minimum absolute atomic E-state index is 0.0621. The Labute approximate surface area is 96.4 Å². The maximum absolute atomic E-state index is 10.7. The molecule has 1 atom stereocenters. The molecule has 16 heavy (non-hydrogen) atoms. The van der Waals surface area contributed by atoms with E-state index in [1.165, 1.54) is 6.20 Å². The highest BCUT2D eigenvalue weighted by molar-refractivity contribution is 7.99. The van der Waals surface area contributed by atoms with Gasteiger partial charge in [0.2, 0.25) is 0 Å². The summed E-state index contributed by atoms with van der Waals surface area (Å²) in [6, 6.07) is 0. The van der Waals surface area contributed by atoms with Crippen molar-refractivity contribution in [1.29, 1.82) is 0 Å². The maximum atomic E-state index is 10.7. The Hall–Kier alpha value is -1.18. The molecule has 1 heterocycles. The molecule has 0 aromatic carbocycles. The van der Waals surface area contributed by atoms with Gasteiger partial charge < -0.3 is 15.3 Å². The second-order valence-electron chi connectivity index (χ2n) is 3.10. The van der Waals surface area contributed by atoms with Crippen LogP contribution in [0, 0.1) is 6.92 Å². The molecule has 0 fully saturated rings. The predicted octanol–water partition coefficient (Wildman–Crippen LogP) is -0.0715. The van der Waals surface area contributed by atoms with Crippen molar-refractivity contribution in [3.05, 3.63) is 17.5 Å². The number of aliphatic hydroxyl groups excluding tert-OH is 2. The molecule has 6 nitrogen and oxygen atoms in total. The van der Waals surface area contributed by atoms with Crippen LogP contribution in [0.1, 0.15) is 16.1 Å². The first-order chi connectivity index (χ1) is 7.54. The molecule has 0 aliphatic rings. The molecule has 3 N–H and O–H groups in total. The standard InChI is InChI=1S/C9H12N2O4S/c1-5-7(8(14)15)2-10-9(11-5)16-4-6(13)3-12/h2,6,12-13H,3-4H2,1H3,(H,14,15). The lowest BCUT2D eigenvalue weighted by Gasteiger charge is -2.06. The molecule has 7 heteroatoms. The molecular formula is C9H12N2O4S. The minimum atomic E-state index is -1.07. The summed E-state index contributed by atoms with van der Waals surface area (Å²) in [6.45, 7) is 1.26. The number of nitrogens with zero attached hydrogens (tertiary/aromatic N) is 2. The Kier molecular flexibility index (Phi) is 4.66. The molecule has 0 aliphatic heterocycles. The number of thioether (sulfide) groups is 1. The summed E-state index contributed by atoms with van der Waals surface area (Å²) in [4.78, 5) is 18.5. The minimum Gasteiger partial charge on any atom is -0.478 e. The first-order valence-electron chi connectivity index (χ1n) is 4.53. The van der Waals surface area contributed by atoms with Crippen LogP contribution in [0.15, 0.2) is 11.4 Å². The predicted molar refractivity (Wildman–Crippen MR) is 57.5 cm³/mol. The molecule has 0 saturated heterocycles. The van der Waals surface area contributed by atoms with Crippen molar-refractivity contribution < 1.29 is 20.1 Å². The lowest BCUT2D eigenvalue weighted by atomic mass is 10.2. The highest BCUT2D eigenvalue weighted by Gasteiger charge is 2.11. The summed E-state index contributed by atoms with van der Waals surface area (Å²) in [6.07, 6.45) is 0.409. The monoisotopic (exact) mass is 244 g/mol. The van der Waals surface area contributed by atoms with E-state index in [-0.39, 0.29) is 17.9 Å². The normalized spacial score (nSPS) is 12.4. The van der Waals surface area contributed by atoms with E-state index in [1.807, 2.05) is 0 Å². The van der Waals surface area contributed by atoms with E-state index in [4.69, 9.17) is 15.3 Å². The Morgan fingerprint density at radius 2 is 2.31 bits per heavy atom. The van der Waals surface area contributed by atoms with Crippen molar-refractivity contribution in [2.24, 2.45) is 0 Å². The van der Waals surface area contributed by atoms with Crippen LogP contribution in [0.25, 0.3) is 0 Å². The number of aromatic nitrogens is 2. The van der Waals surface area contributed by atoms with Gasteiger partial charge in [-0.2, -0.15) is 0 Å². The number of hydrogen-bond donors (Lipinski definition) is 3. The number of rotatable bonds is 5. The van der Waals surface area contributed by atoms with Crippen LogP contribution in [-0.4, -0.2) is 49.7 Å². The van der Waals surface area contributed by atoms with Crippen LogP contribution in [0.5, 0.6) is 0 Å². The second kappa shape index (κ2) is 5.78. The van der Waals surface area contributed by atoms with Gasteiger partial charge in [0.25, 0.3) is 0 Å². The largest absolute Gasteiger partial charge is 0.478 e. The van der Waals surface area contributed by atoms with Crippen LogP contribution in [0.4, 0.5) is 0 Å². The van der Waals surface area contributed by atoms with Crippen LogP contribution >= 0.6 is 11.8 Å². The van der Waals surface area contributed by atoms with Gasteiger partial charge in [-0.15, -0.1) is 0 Å². The fraction of sp³-hybridized carbons (Fsp3) is 0.444. The van der Waals surface area contributed by atoms with E-state index in [0.717, 1.165) is 11.8 Å². The van der Waals surface area contributed by atoms with E-state index < -0.39 is 12.1 Å². The number of aliphatic hydroxyl groups is 2. The van der Waals surface area contributed by atoms with Crippen LogP contribution in [0.2, 0.25) is 0 Å². The zero-order chi connectivity index (χ0) is 12.1. The number of carboxylic acid groups (broad SMARTS) is 1. The third-order valence-electron chi connectivity index (χ3n) is 1.80. The van der Waals surface area contributed by atoms with E-state index in [1.54, 1.807) is 6.92 Å². The Morgan fingerprint density at radius 3 is 2.81 bits per heavy atom. The topological polar surface area (TPSA) is 104 Å². The zero-order valence-electron chi connectivity index (χ0n) is 8.62. The molecule has 0 bridgehead atoms. The highest BCUT2D eigenvalue weighted by atomic mass is 32.2. The Morgan fingerprint density at radius 1 is 1.62 bits per heavy atom.